The molecule has 8 heteroatoms. The van der Waals surface area contributed by atoms with E-state index in [4.69, 9.17) is 11.6 Å². The highest BCUT2D eigenvalue weighted by atomic mass is 35.5. The largest absolute Gasteiger partial charge is 0.350 e. The molecule has 0 atom stereocenters. The quantitative estimate of drug-likeness (QED) is 0.419. The number of benzene rings is 3. The number of piperidine rings is 1. The van der Waals surface area contributed by atoms with Crippen molar-refractivity contribution in [3.8, 4) is 0 Å². The number of nitrogens with zero attached hydrogens (tertiary/aromatic N) is 2. The molecule has 1 saturated heterocycles. The van der Waals surface area contributed by atoms with Crippen LogP contribution in [-0.4, -0.2) is 38.9 Å². The summed E-state index contributed by atoms with van der Waals surface area (Å²) in [5.41, 5.74) is 3.56. The second-order valence-corrected chi connectivity index (χ2v) is 11.5. The summed E-state index contributed by atoms with van der Waals surface area (Å²) in [6, 6.07) is 21.2. The van der Waals surface area contributed by atoms with Crippen molar-refractivity contribution in [2.24, 2.45) is 0 Å². The van der Waals surface area contributed by atoms with Gasteiger partial charge in [0.2, 0.25) is 5.91 Å². The van der Waals surface area contributed by atoms with E-state index in [0.29, 0.717) is 17.3 Å². The fraction of sp³-hybridized carbons (Fsp3) is 0.321. The summed E-state index contributed by atoms with van der Waals surface area (Å²) in [6.07, 6.45) is 3.72. The van der Waals surface area contributed by atoms with Crippen LogP contribution >= 0.6 is 11.6 Å². The third kappa shape index (κ3) is 6.66. The Labute approximate surface area is 218 Å². The van der Waals surface area contributed by atoms with Crippen LogP contribution in [0.4, 0.5) is 5.69 Å². The van der Waals surface area contributed by atoms with Gasteiger partial charge in [-0.25, -0.2) is 8.42 Å². The van der Waals surface area contributed by atoms with Crippen molar-refractivity contribution in [2.45, 2.75) is 44.2 Å². The average molecular weight is 526 g/mol. The predicted octanol–water partition coefficient (Wildman–Crippen LogP) is 5.15. The maximum atomic E-state index is 13.5. The van der Waals surface area contributed by atoms with Crippen LogP contribution in [0.2, 0.25) is 5.02 Å². The molecule has 1 aliphatic rings. The lowest BCUT2D eigenvalue weighted by molar-refractivity contribution is -0.119. The second-order valence-electron chi connectivity index (χ2n) is 9.19. The topological polar surface area (TPSA) is 69.7 Å². The third-order valence-corrected chi connectivity index (χ3v) is 8.46. The van der Waals surface area contributed by atoms with Gasteiger partial charge in [0.05, 0.1) is 10.6 Å². The van der Waals surface area contributed by atoms with Crippen LogP contribution in [0, 0.1) is 6.92 Å². The Bertz CT molecular complexity index is 1290. The zero-order valence-electron chi connectivity index (χ0n) is 20.5. The SMILES string of the molecule is Cc1cccc(N(CC(=O)NCc2ccccc2CN2CCCCC2)S(=O)(=O)c2ccc(Cl)cc2)c1. The smallest absolute Gasteiger partial charge is 0.264 e. The summed E-state index contributed by atoms with van der Waals surface area (Å²) in [5.74, 6) is -0.373. The minimum Gasteiger partial charge on any atom is -0.350 e. The van der Waals surface area contributed by atoms with Crippen molar-refractivity contribution < 1.29 is 13.2 Å². The number of likely N-dealkylation sites (tertiary alicyclic amines) is 1. The Balaban J connectivity index is 1.50. The van der Waals surface area contributed by atoms with Crippen molar-refractivity contribution in [3.63, 3.8) is 0 Å². The Morgan fingerprint density at radius 3 is 2.33 bits per heavy atom. The maximum Gasteiger partial charge on any atom is 0.264 e. The van der Waals surface area contributed by atoms with E-state index in [1.165, 1.54) is 49.1 Å². The van der Waals surface area contributed by atoms with Gasteiger partial charge in [-0.1, -0.05) is 54.4 Å². The lowest BCUT2D eigenvalue weighted by Gasteiger charge is -2.27. The molecule has 0 aromatic heterocycles. The zero-order chi connectivity index (χ0) is 25.5. The lowest BCUT2D eigenvalue weighted by atomic mass is 10.0. The van der Waals surface area contributed by atoms with Crippen molar-refractivity contribution in [1.29, 1.82) is 0 Å². The molecule has 0 aliphatic carbocycles. The van der Waals surface area contributed by atoms with Gasteiger partial charge in [0.15, 0.2) is 0 Å². The molecule has 36 heavy (non-hydrogen) atoms. The molecule has 1 aliphatic heterocycles. The summed E-state index contributed by atoms with van der Waals surface area (Å²) in [7, 11) is -3.99. The molecule has 0 radical (unpaired) electrons. The van der Waals surface area contributed by atoms with E-state index in [-0.39, 0.29) is 17.3 Å². The van der Waals surface area contributed by atoms with E-state index in [2.05, 4.69) is 16.3 Å². The number of hydrogen-bond donors (Lipinski definition) is 1. The molecule has 1 amide bonds. The Hall–Kier alpha value is -2.87. The van der Waals surface area contributed by atoms with E-state index < -0.39 is 10.0 Å². The van der Waals surface area contributed by atoms with Gasteiger partial charge in [0.1, 0.15) is 6.54 Å². The number of amides is 1. The first-order valence-corrected chi connectivity index (χ1v) is 14.1. The van der Waals surface area contributed by atoms with Crippen LogP contribution in [0.15, 0.2) is 77.7 Å². The van der Waals surface area contributed by atoms with Crippen molar-refractivity contribution in [2.75, 3.05) is 23.9 Å². The summed E-state index contributed by atoms with van der Waals surface area (Å²) in [4.78, 5) is 15.6. The molecule has 0 saturated carbocycles. The molecular formula is C28H32ClN3O3S. The first kappa shape index (κ1) is 26.2. The number of nitrogens with one attached hydrogen (secondary N) is 1. The highest BCUT2D eigenvalue weighted by Crippen LogP contribution is 2.25. The van der Waals surface area contributed by atoms with Gasteiger partial charge in [-0.2, -0.15) is 0 Å². The molecule has 6 nitrogen and oxygen atoms in total. The summed E-state index contributed by atoms with van der Waals surface area (Å²) in [6.45, 7) is 4.93. The van der Waals surface area contributed by atoms with Crippen LogP contribution in [0.5, 0.6) is 0 Å². The van der Waals surface area contributed by atoms with Crippen LogP contribution in [-0.2, 0) is 27.9 Å². The fourth-order valence-corrected chi connectivity index (χ4v) is 5.99. The highest BCUT2D eigenvalue weighted by molar-refractivity contribution is 7.92. The first-order chi connectivity index (χ1) is 17.3. The first-order valence-electron chi connectivity index (χ1n) is 12.2. The molecular weight excluding hydrogens is 494 g/mol. The van der Waals surface area contributed by atoms with Crippen LogP contribution < -0.4 is 9.62 Å². The van der Waals surface area contributed by atoms with Crippen molar-refractivity contribution in [1.82, 2.24) is 10.2 Å². The number of anilines is 1. The van der Waals surface area contributed by atoms with Crippen LogP contribution in [0.3, 0.4) is 0 Å². The second kappa shape index (κ2) is 11.9. The van der Waals surface area contributed by atoms with Crippen molar-refractivity contribution in [3.05, 3.63) is 94.5 Å². The van der Waals surface area contributed by atoms with E-state index >= 15 is 0 Å². The predicted molar refractivity (Wildman–Crippen MR) is 145 cm³/mol. The fourth-order valence-electron chi connectivity index (χ4n) is 4.45. The van der Waals surface area contributed by atoms with Gasteiger partial charge in [-0.3, -0.25) is 14.0 Å². The van der Waals surface area contributed by atoms with Crippen LogP contribution in [0.1, 0.15) is 36.0 Å². The van der Waals surface area contributed by atoms with Gasteiger partial charge in [-0.15, -0.1) is 0 Å². The van der Waals surface area contributed by atoms with Gasteiger partial charge < -0.3 is 5.32 Å². The maximum absolute atomic E-state index is 13.5. The molecule has 0 spiro atoms. The Kier molecular flexibility index (Phi) is 8.67. The number of rotatable bonds is 9. The minimum absolute atomic E-state index is 0.0769. The van der Waals surface area contributed by atoms with Gasteiger partial charge >= 0.3 is 0 Å². The number of carbonyl (C=O) groups is 1. The van der Waals surface area contributed by atoms with Gasteiger partial charge in [0, 0.05) is 18.1 Å². The third-order valence-electron chi connectivity index (χ3n) is 6.42. The number of sulfonamides is 1. The number of hydrogen-bond acceptors (Lipinski definition) is 4. The molecule has 0 unspecified atom stereocenters. The summed E-state index contributed by atoms with van der Waals surface area (Å²) in [5, 5.41) is 3.38. The molecule has 0 bridgehead atoms. The van der Waals surface area contributed by atoms with E-state index in [0.717, 1.165) is 35.1 Å². The monoisotopic (exact) mass is 525 g/mol. The average Bonchev–Trinajstić information content (AvgIpc) is 2.87. The highest BCUT2D eigenvalue weighted by Gasteiger charge is 2.27. The van der Waals surface area contributed by atoms with Gasteiger partial charge in [0.25, 0.3) is 10.0 Å². The van der Waals surface area contributed by atoms with E-state index in [9.17, 15) is 13.2 Å². The molecule has 4 rings (SSSR count). The number of carbonyl (C=O) groups excluding carboxylic acids is 1. The molecule has 3 aromatic carbocycles. The van der Waals surface area contributed by atoms with Gasteiger partial charge in [-0.05, 0) is 85.9 Å². The lowest BCUT2D eigenvalue weighted by Crippen LogP contribution is -2.40. The van der Waals surface area contributed by atoms with Crippen molar-refractivity contribution >= 4 is 33.2 Å². The molecule has 1 N–H and O–H groups in total. The molecule has 190 valence electrons. The van der Waals surface area contributed by atoms with Crippen LogP contribution in [0.25, 0.3) is 0 Å². The molecule has 3 aromatic rings. The Morgan fingerprint density at radius 2 is 1.64 bits per heavy atom. The normalized spacial score (nSPS) is 14.4. The zero-order valence-corrected chi connectivity index (χ0v) is 22.1. The summed E-state index contributed by atoms with van der Waals surface area (Å²) >= 11 is 5.96. The molecule has 1 heterocycles. The Morgan fingerprint density at radius 1 is 0.944 bits per heavy atom. The minimum atomic E-state index is -3.99. The van der Waals surface area contributed by atoms with E-state index in [1.54, 1.807) is 18.2 Å². The number of halogens is 1. The summed E-state index contributed by atoms with van der Waals surface area (Å²) < 4.78 is 28.2. The standard InChI is InChI=1S/C28H32ClN3O3S/c1-22-8-7-11-26(18-22)32(36(34,35)27-14-12-25(29)13-15-27)21-28(33)30-19-23-9-3-4-10-24(23)20-31-16-5-2-6-17-31/h3-4,7-15,18H,2,5-6,16-17,19-21H2,1H3,(H,30,33). The number of aryl methyl sites for hydroxylation is 1. The van der Waals surface area contributed by atoms with E-state index in [1.807, 2.05) is 31.2 Å². The molecule has 1 fully saturated rings.